The Kier molecular flexibility index (Phi) is 5.69. The lowest BCUT2D eigenvalue weighted by molar-refractivity contribution is 0.0357. The summed E-state index contributed by atoms with van der Waals surface area (Å²) in [6, 6.07) is 11.6. The number of aromatic hydroxyl groups is 2. The van der Waals surface area contributed by atoms with E-state index in [0.717, 1.165) is 45.3 Å². The number of nitrogens with zero attached hydrogens (tertiary/aromatic N) is 1. The van der Waals surface area contributed by atoms with Crippen LogP contribution in [0.4, 0.5) is 0 Å². The molecule has 29 heavy (non-hydrogen) atoms. The van der Waals surface area contributed by atoms with Gasteiger partial charge in [-0.25, -0.2) is 0 Å². The summed E-state index contributed by atoms with van der Waals surface area (Å²) >= 11 is 0. The minimum absolute atomic E-state index is 0.00865. The molecule has 1 saturated heterocycles. The largest absolute Gasteiger partial charge is 0.507 e. The second kappa shape index (κ2) is 8.55. The molecule has 1 aliphatic rings. The smallest absolute Gasteiger partial charge is 0.205 e. The van der Waals surface area contributed by atoms with Gasteiger partial charge in [0, 0.05) is 37.3 Å². The second-order valence-electron chi connectivity index (χ2n) is 6.95. The maximum atomic E-state index is 12.6. The van der Waals surface area contributed by atoms with Gasteiger partial charge in [0.25, 0.3) is 0 Å². The van der Waals surface area contributed by atoms with Gasteiger partial charge in [0.2, 0.25) is 5.75 Å². The number of hydrogen-bond donors (Lipinski definition) is 2. The number of rotatable bonds is 6. The molecule has 0 bridgehead atoms. The average molecular weight is 397 g/mol. The molecule has 0 amide bonds. The Morgan fingerprint density at radius 1 is 1.03 bits per heavy atom. The summed E-state index contributed by atoms with van der Waals surface area (Å²) in [4.78, 5) is 14.9. The van der Waals surface area contributed by atoms with Crippen LogP contribution in [0.3, 0.4) is 0 Å². The first-order valence-electron chi connectivity index (χ1n) is 9.64. The molecule has 3 aromatic rings. The monoisotopic (exact) mass is 397 g/mol. The number of benzene rings is 2. The Morgan fingerprint density at radius 3 is 2.55 bits per heavy atom. The molecule has 0 unspecified atom stereocenters. The number of fused-ring (bicyclic) bond motifs is 1. The van der Waals surface area contributed by atoms with Crippen LogP contribution in [0.15, 0.2) is 51.7 Å². The molecule has 0 atom stereocenters. The topological polar surface area (TPSA) is 92.4 Å². The molecule has 1 fully saturated rings. The summed E-state index contributed by atoms with van der Waals surface area (Å²) < 4.78 is 17.0. The lowest BCUT2D eigenvalue weighted by Gasteiger charge is -2.26. The zero-order valence-electron chi connectivity index (χ0n) is 16.0. The van der Waals surface area contributed by atoms with E-state index in [-0.39, 0.29) is 28.2 Å². The summed E-state index contributed by atoms with van der Waals surface area (Å²) in [6.45, 7) is 4.43. The first-order chi connectivity index (χ1) is 14.1. The van der Waals surface area contributed by atoms with Crippen molar-refractivity contribution < 1.29 is 24.1 Å². The van der Waals surface area contributed by atoms with E-state index < -0.39 is 5.43 Å². The molecule has 0 aliphatic carbocycles. The van der Waals surface area contributed by atoms with E-state index in [2.05, 4.69) is 4.90 Å². The third-order valence-electron chi connectivity index (χ3n) is 4.94. The van der Waals surface area contributed by atoms with Crippen LogP contribution in [0.5, 0.6) is 17.2 Å². The van der Waals surface area contributed by atoms with Gasteiger partial charge < -0.3 is 24.1 Å². The summed E-state index contributed by atoms with van der Waals surface area (Å²) in [5, 5.41) is 20.5. The van der Waals surface area contributed by atoms with Crippen LogP contribution in [0, 0.1) is 0 Å². The van der Waals surface area contributed by atoms with E-state index in [1.165, 1.54) is 6.07 Å². The zero-order valence-corrected chi connectivity index (χ0v) is 16.0. The highest BCUT2D eigenvalue weighted by atomic mass is 16.5. The van der Waals surface area contributed by atoms with E-state index >= 15 is 0 Å². The van der Waals surface area contributed by atoms with Crippen LogP contribution in [-0.4, -0.2) is 54.6 Å². The van der Waals surface area contributed by atoms with Gasteiger partial charge >= 0.3 is 0 Å². The van der Waals surface area contributed by atoms with Crippen molar-refractivity contribution in [3.63, 3.8) is 0 Å². The molecule has 1 aliphatic heterocycles. The molecule has 152 valence electrons. The predicted molar refractivity (Wildman–Crippen MR) is 109 cm³/mol. The van der Waals surface area contributed by atoms with E-state index in [0.29, 0.717) is 17.9 Å². The van der Waals surface area contributed by atoms with Gasteiger partial charge in [0.15, 0.2) is 16.8 Å². The fourth-order valence-corrected chi connectivity index (χ4v) is 3.45. The van der Waals surface area contributed by atoms with E-state index in [9.17, 15) is 15.0 Å². The van der Waals surface area contributed by atoms with Crippen molar-refractivity contribution in [1.82, 2.24) is 4.90 Å². The minimum atomic E-state index is -0.402. The summed E-state index contributed by atoms with van der Waals surface area (Å²) in [6.07, 6.45) is 0.740. The molecule has 2 N–H and O–H groups in total. The molecule has 4 rings (SSSR count). The molecule has 0 saturated carbocycles. The van der Waals surface area contributed by atoms with Gasteiger partial charge in [-0.1, -0.05) is 30.3 Å². The Labute approximate surface area is 167 Å². The van der Waals surface area contributed by atoms with Crippen LogP contribution in [0.2, 0.25) is 0 Å². The van der Waals surface area contributed by atoms with Crippen LogP contribution >= 0.6 is 0 Å². The Balaban J connectivity index is 1.61. The molecule has 7 nitrogen and oxygen atoms in total. The fraction of sp³-hybridized carbons (Fsp3) is 0.318. The first-order valence-corrected chi connectivity index (χ1v) is 9.64. The van der Waals surface area contributed by atoms with Crippen molar-refractivity contribution >= 4 is 11.0 Å². The second-order valence-corrected chi connectivity index (χ2v) is 6.95. The highest BCUT2D eigenvalue weighted by Crippen LogP contribution is 2.40. The third-order valence-corrected chi connectivity index (χ3v) is 4.94. The van der Waals surface area contributed by atoms with E-state index in [1.807, 2.05) is 30.3 Å². The molecular weight excluding hydrogens is 374 g/mol. The normalized spacial score (nSPS) is 14.9. The summed E-state index contributed by atoms with van der Waals surface area (Å²) in [5.74, 6) is -0.206. The van der Waals surface area contributed by atoms with Crippen LogP contribution in [-0.2, 0) is 4.74 Å². The van der Waals surface area contributed by atoms with Crippen molar-refractivity contribution in [2.75, 3.05) is 39.5 Å². The zero-order chi connectivity index (χ0) is 20.2. The highest BCUT2D eigenvalue weighted by Gasteiger charge is 2.20. The van der Waals surface area contributed by atoms with Crippen LogP contribution < -0.4 is 10.2 Å². The van der Waals surface area contributed by atoms with E-state index in [4.69, 9.17) is 13.9 Å². The number of phenols is 2. The van der Waals surface area contributed by atoms with Gasteiger partial charge in [-0.05, 0) is 6.42 Å². The number of phenolic OH excluding ortho intramolecular Hbond substituents is 2. The molecule has 7 heteroatoms. The molecule has 0 spiro atoms. The highest BCUT2D eigenvalue weighted by molar-refractivity contribution is 5.91. The molecule has 1 aromatic heterocycles. The van der Waals surface area contributed by atoms with Gasteiger partial charge in [-0.15, -0.1) is 0 Å². The van der Waals surface area contributed by atoms with Crippen molar-refractivity contribution in [2.45, 2.75) is 6.42 Å². The van der Waals surface area contributed by atoms with Gasteiger partial charge in [-0.2, -0.15) is 0 Å². The van der Waals surface area contributed by atoms with Crippen LogP contribution in [0.25, 0.3) is 22.3 Å². The number of ether oxygens (including phenoxy) is 2. The number of morpholine rings is 1. The summed E-state index contributed by atoms with van der Waals surface area (Å²) in [7, 11) is 0. The fourth-order valence-electron chi connectivity index (χ4n) is 3.45. The SMILES string of the molecule is O=c1cc(-c2ccccc2)oc2c(OCCCN3CCOCC3)c(O)cc(O)c12. The molecule has 2 aromatic carbocycles. The number of hydrogen-bond acceptors (Lipinski definition) is 7. The van der Waals surface area contributed by atoms with Gasteiger partial charge in [0.05, 0.1) is 19.8 Å². The molecule has 2 heterocycles. The van der Waals surface area contributed by atoms with Crippen molar-refractivity contribution in [1.29, 1.82) is 0 Å². The van der Waals surface area contributed by atoms with Crippen molar-refractivity contribution in [3.05, 3.63) is 52.7 Å². The minimum Gasteiger partial charge on any atom is -0.507 e. The van der Waals surface area contributed by atoms with Gasteiger partial charge in [-0.3, -0.25) is 9.69 Å². The lowest BCUT2D eigenvalue weighted by atomic mass is 10.1. The quantitative estimate of drug-likeness (QED) is 0.618. The van der Waals surface area contributed by atoms with E-state index in [1.54, 1.807) is 0 Å². The summed E-state index contributed by atoms with van der Waals surface area (Å²) in [5.41, 5.74) is 0.355. The molecule has 0 radical (unpaired) electrons. The van der Waals surface area contributed by atoms with Crippen LogP contribution in [0.1, 0.15) is 6.42 Å². The Bertz CT molecular complexity index is 1040. The molecular formula is C22H23NO6. The average Bonchev–Trinajstić information content (AvgIpc) is 2.74. The van der Waals surface area contributed by atoms with Crippen molar-refractivity contribution in [2.24, 2.45) is 0 Å². The lowest BCUT2D eigenvalue weighted by Crippen LogP contribution is -2.37. The Hall–Kier alpha value is -3.03. The van der Waals surface area contributed by atoms with Gasteiger partial charge in [0.1, 0.15) is 16.9 Å². The first kappa shape index (κ1) is 19.3. The predicted octanol–water partition coefficient (Wildman–Crippen LogP) is 2.97. The third kappa shape index (κ3) is 4.21. The Morgan fingerprint density at radius 2 is 1.79 bits per heavy atom. The maximum absolute atomic E-state index is 12.6. The van der Waals surface area contributed by atoms with Crippen molar-refractivity contribution in [3.8, 4) is 28.6 Å². The maximum Gasteiger partial charge on any atom is 0.205 e. The standard InChI is InChI=1S/C22H23NO6/c24-16-13-18(26)21(28-10-4-7-23-8-11-27-12-9-23)22-20(16)17(25)14-19(29-22)15-5-2-1-3-6-15/h1-3,5-6,13-14,24,26H,4,7-12H2.